The third kappa shape index (κ3) is 1.61. The highest BCUT2D eigenvalue weighted by Gasteiger charge is 2.82. The maximum atomic E-state index is 6.13. The van der Waals surface area contributed by atoms with Gasteiger partial charge in [-0.1, -0.05) is 47.0 Å². The van der Waals surface area contributed by atoms with Gasteiger partial charge in [-0.25, -0.2) is 0 Å². The highest BCUT2D eigenvalue weighted by molar-refractivity contribution is 9.10. The van der Waals surface area contributed by atoms with Gasteiger partial charge >= 0.3 is 0 Å². The summed E-state index contributed by atoms with van der Waals surface area (Å²) in [7, 11) is 0. The Morgan fingerprint density at radius 3 is 2.72 bits per heavy atom. The topological polar surface area (TPSA) is 21.3 Å². The second kappa shape index (κ2) is 4.89. The molecule has 128 valence electrons. The minimum Gasteiger partial charge on any atom is -0.489 e. The van der Waals surface area contributed by atoms with E-state index in [1.807, 2.05) is 0 Å². The molecule has 0 radical (unpaired) electrons. The molecule has 3 fully saturated rings. The molecule has 1 aliphatic heterocycles. The summed E-state index contributed by atoms with van der Waals surface area (Å²) >= 11 is 3.49. The van der Waals surface area contributed by atoms with Gasteiger partial charge in [0.1, 0.15) is 12.4 Å². The summed E-state index contributed by atoms with van der Waals surface area (Å²) < 4.78 is 7.24. The number of halogens is 1. The largest absolute Gasteiger partial charge is 0.489 e. The van der Waals surface area contributed by atoms with E-state index >= 15 is 0 Å². The number of nitrogens with one attached hydrogen (secondary N) is 1. The summed E-state index contributed by atoms with van der Waals surface area (Å²) in [6.45, 7) is 1.83. The van der Waals surface area contributed by atoms with Crippen LogP contribution in [0.4, 0.5) is 0 Å². The number of rotatable bonds is 3. The van der Waals surface area contributed by atoms with Gasteiger partial charge in [-0.2, -0.15) is 0 Å². The molecule has 0 bridgehead atoms. The first-order valence-electron chi connectivity index (χ1n) is 9.51. The Hall–Kier alpha value is -1.32. The third-order valence-electron chi connectivity index (χ3n) is 7.57. The van der Waals surface area contributed by atoms with Crippen LogP contribution in [-0.2, 0) is 17.4 Å². The van der Waals surface area contributed by atoms with E-state index in [0.29, 0.717) is 17.4 Å². The number of piperidine rings is 1. The van der Waals surface area contributed by atoms with Gasteiger partial charge in [-0.3, -0.25) is 0 Å². The van der Waals surface area contributed by atoms with E-state index in [0.717, 1.165) is 22.2 Å². The quantitative estimate of drug-likeness (QED) is 0.813. The van der Waals surface area contributed by atoms with Crippen LogP contribution < -0.4 is 10.1 Å². The van der Waals surface area contributed by atoms with Crippen molar-refractivity contribution in [2.45, 2.75) is 49.2 Å². The van der Waals surface area contributed by atoms with Crippen LogP contribution in [0.25, 0.3) is 0 Å². The number of hydrogen-bond donors (Lipinski definition) is 1. The second-order valence-electron chi connectivity index (χ2n) is 8.28. The first-order valence-corrected chi connectivity index (χ1v) is 10.3. The van der Waals surface area contributed by atoms with Crippen LogP contribution in [0.5, 0.6) is 5.75 Å². The number of ether oxygens (including phenoxy) is 1. The highest BCUT2D eigenvalue weighted by Crippen LogP contribution is 2.78. The highest BCUT2D eigenvalue weighted by atomic mass is 79.9. The van der Waals surface area contributed by atoms with Crippen molar-refractivity contribution in [3.63, 3.8) is 0 Å². The fourth-order valence-corrected chi connectivity index (χ4v) is 6.85. The van der Waals surface area contributed by atoms with Crippen LogP contribution in [0.2, 0.25) is 0 Å². The van der Waals surface area contributed by atoms with Crippen molar-refractivity contribution in [3.05, 3.63) is 63.6 Å². The zero-order valence-corrected chi connectivity index (χ0v) is 15.8. The molecule has 2 aromatic carbocycles. The van der Waals surface area contributed by atoms with Gasteiger partial charge < -0.3 is 10.1 Å². The van der Waals surface area contributed by atoms with Gasteiger partial charge in [-0.05, 0) is 59.7 Å². The Bertz CT molecular complexity index is 863. The van der Waals surface area contributed by atoms with Crippen molar-refractivity contribution in [1.29, 1.82) is 0 Å². The Kier molecular flexibility index (Phi) is 2.90. The molecule has 4 aliphatic rings. The Morgan fingerprint density at radius 1 is 1.04 bits per heavy atom. The van der Waals surface area contributed by atoms with Crippen LogP contribution in [0.1, 0.15) is 42.4 Å². The number of hydrogen-bond acceptors (Lipinski definition) is 2. The summed E-state index contributed by atoms with van der Waals surface area (Å²) in [6.07, 6.45) is 5.60. The van der Waals surface area contributed by atoms with Crippen LogP contribution in [0, 0.1) is 5.92 Å². The summed E-state index contributed by atoms with van der Waals surface area (Å²) in [5.41, 5.74) is 5.40. The molecule has 2 spiro atoms. The average Bonchev–Trinajstić information content (AvgIpc) is 2.61. The fourth-order valence-electron chi connectivity index (χ4n) is 6.59. The molecule has 3 aliphatic carbocycles. The summed E-state index contributed by atoms with van der Waals surface area (Å²) in [6, 6.07) is 16.1. The molecular weight excluding hydrogens is 374 g/mol. The lowest BCUT2D eigenvalue weighted by Gasteiger charge is -2.83. The molecule has 1 saturated heterocycles. The van der Waals surface area contributed by atoms with Crippen molar-refractivity contribution in [3.8, 4) is 5.75 Å². The minimum atomic E-state index is 0.480. The molecule has 2 saturated carbocycles. The van der Waals surface area contributed by atoms with Gasteiger partial charge in [0.15, 0.2) is 0 Å². The second-order valence-corrected chi connectivity index (χ2v) is 9.19. The van der Waals surface area contributed by atoms with Gasteiger partial charge in [0.25, 0.3) is 0 Å². The van der Waals surface area contributed by atoms with Crippen LogP contribution in [-0.4, -0.2) is 12.6 Å². The third-order valence-corrected chi connectivity index (χ3v) is 8.10. The molecule has 2 aromatic rings. The normalized spacial score (nSPS) is 36.5. The lowest BCUT2D eigenvalue weighted by Crippen LogP contribution is -2.92. The fraction of sp³-hybridized carbons (Fsp3) is 0.455. The molecule has 4 unspecified atom stereocenters. The molecule has 1 N–H and O–H groups in total. The monoisotopic (exact) mass is 395 g/mol. The SMILES string of the molecule is Brc1ccc(COc2ccc3c(c2)C24CCCCC2C2NCC324)cc1. The van der Waals surface area contributed by atoms with Gasteiger partial charge in [0.2, 0.25) is 0 Å². The van der Waals surface area contributed by atoms with Crippen LogP contribution in [0.15, 0.2) is 46.9 Å². The Balaban J connectivity index is 1.30. The average molecular weight is 396 g/mol. The van der Waals surface area contributed by atoms with Gasteiger partial charge in [-0.15, -0.1) is 0 Å². The standard InChI is InChI=1S/C22H22BrNO/c23-15-6-4-14(5-7-15)12-25-16-8-9-17-19(11-16)21-10-2-1-3-18(21)20-22(17,21)13-24-20/h4-9,11,18,20,24H,1-3,10,12-13H2. The van der Waals surface area contributed by atoms with Gasteiger partial charge in [0.05, 0.1) is 0 Å². The number of benzene rings is 2. The zero-order chi connectivity index (χ0) is 16.6. The van der Waals surface area contributed by atoms with Crippen LogP contribution >= 0.6 is 15.9 Å². The van der Waals surface area contributed by atoms with Crippen molar-refractivity contribution in [2.75, 3.05) is 6.54 Å². The van der Waals surface area contributed by atoms with E-state index in [9.17, 15) is 0 Å². The van der Waals surface area contributed by atoms with Crippen molar-refractivity contribution < 1.29 is 4.74 Å². The summed E-state index contributed by atoms with van der Waals surface area (Å²) in [5.74, 6) is 1.90. The van der Waals surface area contributed by atoms with E-state index in [4.69, 9.17) is 4.74 Å². The lowest BCUT2D eigenvalue weighted by molar-refractivity contribution is -0.171. The van der Waals surface area contributed by atoms with E-state index in [-0.39, 0.29) is 0 Å². The van der Waals surface area contributed by atoms with Crippen molar-refractivity contribution in [1.82, 2.24) is 5.32 Å². The predicted molar refractivity (Wildman–Crippen MR) is 102 cm³/mol. The van der Waals surface area contributed by atoms with Crippen molar-refractivity contribution in [2.24, 2.45) is 5.92 Å². The van der Waals surface area contributed by atoms with E-state index in [2.05, 4.69) is 63.7 Å². The Labute approximate surface area is 157 Å². The molecule has 4 atom stereocenters. The van der Waals surface area contributed by atoms with Crippen molar-refractivity contribution >= 4 is 15.9 Å². The number of fused-ring (bicyclic) bond motifs is 2. The molecule has 2 nitrogen and oxygen atoms in total. The maximum absolute atomic E-state index is 6.13. The molecule has 3 heteroatoms. The summed E-state index contributed by atoms with van der Waals surface area (Å²) in [4.78, 5) is 0. The molecule has 25 heavy (non-hydrogen) atoms. The molecular formula is C22H22BrNO. The molecule has 0 amide bonds. The summed E-state index contributed by atoms with van der Waals surface area (Å²) in [5, 5.41) is 3.73. The van der Waals surface area contributed by atoms with E-state index in [1.165, 1.54) is 37.8 Å². The van der Waals surface area contributed by atoms with E-state index < -0.39 is 0 Å². The molecule has 0 aromatic heterocycles. The minimum absolute atomic E-state index is 0.480. The maximum Gasteiger partial charge on any atom is 0.120 e. The molecule has 1 heterocycles. The first kappa shape index (κ1) is 14.8. The lowest BCUT2D eigenvalue weighted by atomic mass is 9.24. The zero-order valence-electron chi connectivity index (χ0n) is 14.2. The van der Waals surface area contributed by atoms with Gasteiger partial charge in [0, 0.05) is 27.9 Å². The van der Waals surface area contributed by atoms with Crippen LogP contribution in [0.3, 0.4) is 0 Å². The molecule has 6 rings (SSSR count). The smallest absolute Gasteiger partial charge is 0.120 e. The Morgan fingerprint density at radius 2 is 1.92 bits per heavy atom. The predicted octanol–water partition coefficient (Wildman–Crippen LogP) is 4.69. The van der Waals surface area contributed by atoms with E-state index in [1.54, 1.807) is 11.1 Å². The first-order chi connectivity index (χ1) is 12.3.